The van der Waals surface area contributed by atoms with E-state index in [0.717, 1.165) is 50.4 Å². The summed E-state index contributed by atoms with van der Waals surface area (Å²) in [6.45, 7) is 7.45. The zero-order valence-electron chi connectivity index (χ0n) is 16.7. The van der Waals surface area contributed by atoms with Gasteiger partial charge in [-0.2, -0.15) is 0 Å². The van der Waals surface area contributed by atoms with Crippen LogP contribution in [0.15, 0.2) is 24.3 Å². The van der Waals surface area contributed by atoms with Crippen LogP contribution in [0.5, 0.6) is 0 Å². The molecule has 1 N–H and O–H groups in total. The van der Waals surface area contributed by atoms with Crippen molar-refractivity contribution in [3.63, 3.8) is 0 Å². The molecule has 1 saturated carbocycles. The molecule has 1 aromatic rings. The lowest BCUT2D eigenvalue weighted by Crippen LogP contribution is -2.50. The Labute approximate surface area is 163 Å². The Bertz CT molecular complexity index is 627. The molecule has 0 aromatic heterocycles. The van der Waals surface area contributed by atoms with Crippen molar-refractivity contribution in [2.24, 2.45) is 11.8 Å². The van der Waals surface area contributed by atoms with Gasteiger partial charge >= 0.3 is 0 Å². The Morgan fingerprint density at radius 3 is 2.22 bits per heavy atom. The Morgan fingerprint density at radius 2 is 1.63 bits per heavy atom. The van der Waals surface area contributed by atoms with Crippen LogP contribution in [0.2, 0.25) is 0 Å². The Kier molecular flexibility index (Phi) is 6.75. The van der Waals surface area contributed by atoms with E-state index >= 15 is 0 Å². The number of hydrogen-bond donors (Lipinski definition) is 1. The van der Waals surface area contributed by atoms with E-state index in [0.29, 0.717) is 18.2 Å². The smallest absolute Gasteiger partial charge is 0.225 e. The van der Waals surface area contributed by atoms with Crippen molar-refractivity contribution < 1.29 is 9.59 Å². The second-order valence-corrected chi connectivity index (χ2v) is 8.34. The molecule has 2 aliphatic rings. The van der Waals surface area contributed by atoms with Crippen LogP contribution in [-0.4, -0.2) is 42.9 Å². The molecule has 0 bridgehead atoms. The summed E-state index contributed by atoms with van der Waals surface area (Å²) in [4.78, 5) is 29.0. The fourth-order valence-electron chi connectivity index (χ4n) is 4.13. The van der Waals surface area contributed by atoms with Crippen molar-refractivity contribution in [3.05, 3.63) is 24.3 Å². The molecule has 1 aromatic carbocycles. The second kappa shape index (κ2) is 9.25. The SMILES string of the molecule is CC(C)CC(=O)Nc1ccc(N2CCN(C(=O)C3CCCCC3)CC2)cc1. The molecule has 0 spiro atoms. The van der Waals surface area contributed by atoms with E-state index < -0.39 is 0 Å². The van der Waals surface area contributed by atoms with E-state index in [1.165, 1.54) is 19.3 Å². The molecule has 5 nitrogen and oxygen atoms in total. The van der Waals surface area contributed by atoms with E-state index in [2.05, 4.69) is 27.2 Å². The minimum absolute atomic E-state index is 0.0626. The summed E-state index contributed by atoms with van der Waals surface area (Å²) in [5, 5.41) is 2.95. The van der Waals surface area contributed by atoms with E-state index in [1.54, 1.807) is 0 Å². The molecule has 27 heavy (non-hydrogen) atoms. The normalized spacial score (nSPS) is 18.6. The predicted molar refractivity (Wildman–Crippen MR) is 110 cm³/mol. The summed E-state index contributed by atoms with van der Waals surface area (Å²) in [5.41, 5.74) is 2.00. The zero-order chi connectivity index (χ0) is 19.2. The lowest BCUT2D eigenvalue weighted by molar-refractivity contribution is -0.136. The van der Waals surface area contributed by atoms with Gasteiger partial charge in [-0.25, -0.2) is 0 Å². The van der Waals surface area contributed by atoms with Crippen LogP contribution < -0.4 is 10.2 Å². The van der Waals surface area contributed by atoms with Gasteiger partial charge in [0.15, 0.2) is 0 Å². The third-order valence-electron chi connectivity index (χ3n) is 5.66. The number of piperazine rings is 1. The minimum Gasteiger partial charge on any atom is -0.368 e. The molecule has 1 heterocycles. The monoisotopic (exact) mass is 371 g/mol. The van der Waals surface area contributed by atoms with Gasteiger partial charge in [0, 0.05) is 49.9 Å². The fourth-order valence-corrected chi connectivity index (χ4v) is 4.13. The summed E-state index contributed by atoms with van der Waals surface area (Å²) in [6.07, 6.45) is 6.38. The molecular weight excluding hydrogens is 338 g/mol. The quantitative estimate of drug-likeness (QED) is 0.854. The summed E-state index contributed by atoms with van der Waals surface area (Å²) in [6, 6.07) is 8.05. The first-order chi connectivity index (χ1) is 13.0. The van der Waals surface area contributed by atoms with Gasteiger partial charge in [0.1, 0.15) is 0 Å². The topological polar surface area (TPSA) is 52.7 Å². The van der Waals surface area contributed by atoms with Crippen molar-refractivity contribution in [1.82, 2.24) is 4.90 Å². The third-order valence-corrected chi connectivity index (χ3v) is 5.66. The molecular formula is C22H33N3O2. The van der Waals surface area contributed by atoms with E-state index in [9.17, 15) is 9.59 Å². The van der Waals surface area contributed by atoms with Crippen molar-refractivity contribution in [2.45, 2.75) is 52.4 Å². The maximum Gasteiger partial charge on any atom is 0.225 e. The van der Waals surface area contributed by atoms with Crippen LogP contribution in [0.3, 0.4) is 0 Å². The number of nitrogens with zero attached hydrogens (tertiary/aromatic N) is 2. The predicted octanol–water partition coefficient (Wildman–Crippen LogP) is 3.90. The van der Waals surface area contributed by atoms with Gasteiger partial charge in [-0.05, 0) is 43.0 Å². The number of benzene rings is 1. The molecule has 2 fully saturated rings. The molecule has 3 rings (SSSR count). The van der Waals surface area contributed by atoms with Crippen LogP contribution in [0, 0.1) is 11.8 Å². The number of rotatable bonds is 5. The molecule has 1 saturated heterocycles. The molecule has 5 heteroatoms. The maximum atomic E-state index is 12.7. The largest absolute Gasteiger partial charge is 0.368 e. The standard InChI is InChI=1S/C22H33N3O2/c1-17(2)16-21(26)23-19-8-10-20(11-9-19)24-12-14-25(15-13-24)22(27)18-6-4-3-5-7-18/h8-11,17-18H,3-7,12-16H2,1-2H3,(H,23,26). The van der Waals surface area contributed by atoms with Crippen LogP contribution in [0.1, 0.15) is 52.4 Å². The highest BCUT2D eigenvalue weighted by Crippen LogP contribution is 2.26. The van der Waals surface area contributed by atoms with Crippen LogP contribution in [0.25, 0.3) is 0 Å². The van der Waals surface area contributed by atoms with E-state index in [4.69, 9.17) is 0 Å². The summed E-state index contributed by atoms with van der Waals surface area (Å²) < 4.78 is 0. The number of carbonyl (C=O) groups is 2. The van der Waals surface area contributed by atoms with Gasteiger partial charge in [0.2, 0.25) is 11.8 Å². The van der Waals surface area contributed by atoms with E-state index in [-0.39, 0.29) is 11.8 Å². The Balaban J connectivity index is 1.49. The van der Waals surface area contributed by atoms with Gasteiger partial charge in [-0.15, -0.1) is 0 Å². The lowest BCUT2D eigenvalue weighted by atomic mass is 9.88. The fraction of sp³-hybridized carbons (Fsp3) is 0.636. The number of nitrogens with one attached hydrogen (secondary N) is 1. The van der Waals surface area contributed by atoms with Crippen LogP contribution >= 0.6 is 0 Å². The van der Waals surface area contributed by atoms with E-state index in [1.807, 2.05) is 26.0 Å². The molecule has 2 amide bonds. The molecule has 1 aliphatic carbocycles. The van der Waals surface area contributed by atoms with Gasteiger partial charge in [0.05, 0.1) is 0 Å². The highest BCUT2D eigenvalue weighted by molar-refractivity contribution is 5.91. The third kappa shape index (κ3) is 5.47. The number of carbonyl (C=O) groups excluding carboxylic acids is 2. The van der Waals surface area contributed by atoms with Gasteiger partial charge in [-0.3, -0.25) is 9.59 Å². The van der Waals surface area contributed by atoms with Gasteiger partial charge < -0.3 is 15.1 Å². The molecule has 0 radical (unpaired) electrons. The van der Waals surface area contributed by atoms with Crippen LogP contribution in [-0.2, 0) is 9.59 Å². The number of amides is 2. The van der Waals surface area contributed by atoms with Crippen LogP contribution in [0.4, 0.5) is 11.4 Å². The minimum atomic E-state index is 0.0626. The lowest BCUT2D eigenvalue weighted by Gasteiger charge is -2.38. The van der Waals surface area contributed by atoms with Crippen molar-refractivity contribution >= 4 is 23.2 Å². The highest BCUT2D eigenvalue weighted by atomic mass is 16.2. The summed E-state index contributed by atoms with van der Waals surface area (Å²) in [7, 11) is 0. The maximum absolute atomic E-state index is 12.7. The van der Waals surface area contributed by atoms with Gasteiger partial charge in [0.25, 0.3) is 0 Å². The van der Waals surface area contributed by atoms with Crippen molar-refractivity contribution in [3.8, 4) is 0 Å². The second-order valence-electron chi connectivity index (χ2n) is 8.34. The average molecular weight is 372 g/mol. The Hall–Kier alpha value is -2.04. The number of hydrogen-bond acceptors (Lipinski definition) is 3. The molecule has 0 unspecified atom stereocenters. The summed E-state index contributed by atoms with van der Waals surface area (Å²) >= 11 is 0. The highest BCUT2D eigenvalue weighted by Gasteiger charge is 2.28. The van der Waals surface area contributed by atoms with Crippen molar-refractivity contribution in [2.75, 3.05) is 36.4 Å². The molecule has 148 valence electrons. The number of anilines is 2. The van der Waals surface area contributed by atoms with Gasteiger partial charge in [-0.1, -0.05) is 33.1 Å². The molecule has 0 atom stereocenters. The first-order valence-corrected chi connectivity index (χ1v) is 10.5. The average Bonchev–Trinajstić information content (AvgIpc) is 2.68. The molecule has 1 aliphatic heterocycles. The first kappa shape index (κ1) is 19.7. The summed E-state index contributed by atoms with van der Waals surface area (Å²) in [5.74, 6) is 1.06. The zero-order valence-corrected chi connectivity index (χ0v) is 16.7. The first-order valence-electron chi connectivity index (χ1n) is 10.5. The van der Waals surface area contributed by atoms with Crippen molar-refractivity contribution in [1.29, 1.82) is 0 Å². The Morgan fingerprint density at radius 1 is 1.00 bits per heavy atom.